The van der Waals surface area contributed by atoms with Crippen LogP contribution in [0.3, 0.4) is 0 Å². The van der Waals surface area contributed by atoms with Gasteiger partial charge in [0.2, 0.25) is 5.91 Å². The quantitative estimate of drug-likeness (QED) is 0.743. The second-order valence-corrected chi connectivity index (χ2v) is 5.75. The maximum Gasteiger partial charge on any atom is 0.417 e. The van der Waals surface area contributed by atoms with E-state index in [4.69, 9.17) is 11.6 Å². The predicted octanol–water partition coefficient (Wildman–Crippen LogP) is 1.88. The summed E-state index contributed by atoms with van der Waals surface area (Å²) < 4.78 is 40.7. The molecule has 11 heteroatoms. The Morgan fingerprint density at radius 1 is 1.31 bits per heavy atom. The Morgan fingerprint density at radius 3 is 2.81 bits per heavy atom. The number of carbonyl (C=O) groups is 1. The molecule has 3 aromatic heterocycles. The zero-order valence-corrected chi connectivity index (χ0v) is 13.8. The van der Waals surface area contributed by atoms with E-state index in [2.05, 4.69) is 15.3 Å². The van der Waals surface area contributed by atoms with Gasteiger partial charge in [0, 0.05) is 18.6 Å². The van der Waals surface area contributed by atoms with Crippen LogP contribution in [0.1, 0.15) is 11.3 Å². The second kappa shape index (κ2) is 6.79. The van der Waals surface area contributed by atoms with Crippen molar-refractivity contribution in [2.24, 2.45) is 0 Å². The molecular formula is C15H11ClF3N5O2. The van der Waals surface area contributed by atoms with Crippen molar-refractivity contribution < 1.29 is 18.0 Å². The third-order valence-corrected chi connectivity index (χ3v) is 3.81. The van der Waals surface area contributed by atoms with Crippen LogP contribution in [-0.2, 0) is 24.1 Å². The first kappa shape index (κ1) is 17.9. The fourth-order valence-electron chi connectivity index (χ4n) is 2.30. The minimum Gasteiger partial charge on any atom is -0.349 e. The summed E-state index contributed by atoms with van der Waals surface area (Å²) in [4.78, 5) is 31.9. The molecule has 7 nitrogen and oxygen atoms in total. The summed E-state index contributed by atoms with van der Waals surface area (Å²) >= 11 is 5.55. The highest BCUT2D eigenvalue weighted by Crippen LogP contribution is 2.29. The number of nitrogens with one attached hydrogen (secondary N) is 1. The Bertz CT molecular complexity index is 1030. The van der Waals surface area contributed by atoms with E-state index < -0.39 is 34.8 Å². The first-order valence-corrected chi connectivity index (χ1v) is 7.63. The molecule has 0 aromatic carbocycles. The number of amides is 1. The Labute approximate surface area is 149 Å². The number of aromatic nitrogens is 4. The topological polar surface area (TPSA) is 81.3 Å². The molecule has 0 unspecified atom stereocenters. The highest BCUT2D eigenvalue weighted by atomic mass is 35.5. The molecule has 0 fully saturated rings. The van der Waals surface area contributed by atoms with Crippen LogP contribution in [0.5, 0.6) is 0 Å². The average Bonchev–Trinajstić information content (AvgIpc) is 2.99. The van der Waals surface area contributed by atoms with Crippen molar-refractivity contribution in [2.45, 2.75) is 19.3 Å². The number of halogens is 4. The van der Waals surface area contributed by atoms with Gasteiger partial charge in [0.05, 0.1) is 30.2 Å². The van der Waals surface area contributed by atoms with Crippen molar-refractivity contribution in [3.63, 3.8) is 0 Å². The fraction of sp³-hybridized carbons (Fsp3) is 0.200. The van der Waals surface area contributed by atoms with E-state index in [1.165, 1.54) is 12.4 Å². The van der Waals surface area contributed by atoms with Crippen molar-refractivity contribution in [1.82, 2.24) is 24.3 Å². The molecule has 0 aliphatic rings. The molecule has 0 saturated carbocycles. The molecule has 0 bridgehead atoms. The number of hydrogen-bond donors (Lipinski definition) is 1. The first-order valence-electron chi connectivity index (χ1n) is 7.25. The molecule has 3 rings (SSSR count). The molecule has 3 heterocycles. The van der Waals surface area contributed by atoms with Gasteiger partial charge in [-0.3, -0.25) is 19.0 Å². The minimum atomic E-state index is -4.68. The molecule has 0 aliphatic carbocycles. The maximum atomic E-state index is 12.8. The maximum absolute atomic E-state index is 12.8. The van der Waals surface area contributed by atoms with E-state index in [1.54, 1.807) is 16.8 Å². The molecule has 0 radical (unpaired) electrons. The highest BCUT2D eigenvalue weighted by Gasteiger charge is 2.32. The van der Waals surface area contributed by atoms with Crippen molar-refractivity contribution in [2.75, 3.05) is 0 Å². The SMILES string of the molecule is O=C(Cn1cc(C(F)(F)F)cc(Cl)c1=O)NCc1cnc2cnccn12. The van der Waals surface area contributed by atoms with Gasteiger partial charge in [-0.05, 0) is 6.07 Å². The van der Waals surface area contributed by atoms with Gasteiger partial charge in [0.15, 0.2) is 5.65 Å². The number of hydrogen-bond acceptors (Lipinski definition) is 4. The van der Waals surface area contributed by atoms with Crippen LogP contribution < -0.4 is 10.9 Å². The number of rotatable bonds is 4. The lowest BCUT2D eigenvalue weighted by atomic mass is 10.2. The van der Waals surface area contributed by atoms with Gasteiger partial charge < -0.3 is 9.88 Å². The van der Waals surface area contributed by atoms with Crippen molar-refractivity contribution >= 4 is 23.2 Å². The molecule has 26 heavy (non-hydrogen) atoms. The van der Waals surface area contributed by atoms with E-state index >= 15 is 0 Å². The zero-order valence-electron chi connectivity index (χ0n) is 13.0. The van der Waals surface area contributed by atoms with Gasteiger partial charge in [-0.2, -0.15) is 13.2 Å². The van der Waals surface area contributed by atoms with Gasteiger partial charge in [-0.15, -0.1) is 0 Å². The lowest BCUT2D eigenvalue weighted by Gasteiger charge is -2.12. The Balaban J connectivity index is 1.74. The van der Waals surface area contributed by atoms with Gasteiger partial charge >= 0.3 is 6.18 Å². The molecular weight excluding hydrogens is 375 g/mol. The van der Waals surface area contributed by atoms with Crippen LogP contribution in [-0.4, -0.2) is 24.8 Å². The zero-order chi connectivity index (χ0) is 18.9. The van der Waals surface area contributed by atoms with E-state index in [0.717, 1.165) is 0 Å². The largest absolute Gasteiger partial charge is 0.417 e. The molecule has 136 valence electrons. The van der Waals surface area contributed by atoms with Gasteiger partial charge in [-0.25, -0.2) is 4.98 Å². The normalized spacial score (nSPS) is 11.7. The van der Waals surface area contributed by atoms with Crippen LogP contribution in [0, 0.1) is 0 Å². The number of fused-ring (bicyclic) bond motifs is 1. The van der Waals surface area contributed by atoms with E-state index in [-0.39, 0.29) is 6.54 Å². The Morgan fingerprint density at radius 2 is 2.08 bits per heavy atom. The highest BCUT2D eigenvalue weighted by molar-refractivity contribution is 6.30. The summed E-state index contributed by atoms with van der Waals surface area (Å²) in [5.41, 5.74) is -0.761. The number of pyridine rings is 1. The molecule has 1 N–H and O–H groups in total. The molecule has 0 spiro atoms. The lowest BCUT2D eigenvalue weighted by Crippen LogP contribution is -2.33. The molecule has 0 saturated heterocycles. The summed E-state index contributed by atoms with van der Waals surface area (Å²) in [6.45, 7) is -0.522. The van der Waals surface area contributed by atoms with Crippen LogP contribution in [0.25, 0.3) is 5.65 Å². The van der Waals surface area contributed by atoms with E-state index in [1.807, 2.05) is 0 Å². The number of imidazole rings is 1. The molecule has 0 aliphatic heterocycles. The molecule has 3 aromatic rings. The van der Waals surface area contributed by atoms with Crippen LogP contribution >= 0.6 is 11.6 Å². The Hall–Kier alpha value is -2.88. The van der Waals surface area contributed by atoms with Crippen molar-refractivity contribution in [1.29, 1.82) is 0 Å². The van der Waals surface area contributed by atoms with Crippen molar-refractivity contribution in [3.05, 3.63) is 63.7 Å². The summed E-state index contributed by atoms with van der Waals surface area (Å²) in [5.74, 6) is -0.647. The average molecular weight is 386 g/mol. The monoisotopic (exact) mass is 385 g/mol. The van der Waals surface area contributed by atoms with Gasteiger partial charge in [0.25, 0.3) is 5.56 Å². The summed E-state index contributed by atoms with van der Waals surface area (Å²) in [6.07, 6.45) is 2.15. The smallest absolute Gasteiger partial charge is 0.349 e. The number of alkyl halides is 3. The molecule has 1 amide bonds. The second-order valence-electron chi connectivity index (χ2n) is 5.34. The van der Waals surface area contributed by atoms with Crippen molar-refractivity contribution in [3.8, 4) is 0 Å². The van der Waals surface area contributed by atoms with Gasteiger partial charge in [-0.1, -0.05) is 11.6 Å². The third kappa shape index (κ3) is 3.69. The standard InChI is InChI=1S/C15H11ClF3N5O2/c16-11-3-9(15(17,18)19)7-23(14(11)26)8-13(25)22-5-10-4-21-12-6-20-1-2-24(10)12/h1-4,6-7H,5,8H2,(H,22,25). The first-order chi connectivity index (χ1) is 12.3. The van der Waals surface area contributed by atoms with E-state index in [0.29, 0.717) is 28.2 Å². The van der Waals surface area contributed by atoms with Gasteiger partial charge in [0.1, 0.15) is 11.6 Å². The summed E-state index contributed by atoms with van der Waals surface area (Å²) in [5, 5.41) is 1.92. The predicted molar refractivity (Wildman–Crippen MR) is 85.5 cm³/mol. The fourth-order valence-corrected chi connectivity index (χ4v) is 2.52. The minimum absolute atomic E-state index is 0.0749. The molecule has 0 atom stereocenters. The van der Waals surface area contributed by atoms with Crippen LogP contribution in [0.4, 0.5) is 13.2 Å². The third-order valence-electron chi connectivity index (χ3n) is 3.54. The summed E-state index contributed by atoms with van der Waals surface area (Å²) in [7, 11) is 0. The number of nitrogens with zero attached hydrogens (tertiary/aromatic N) is 4. The van der Waals surface area contributed by atoms with Crippen LogP contribution in [0.2, 0.25) is 5.02 Å². The summed E-state index contributed by atoms with van der Waals surface area (Å²) in [6, 6.07) is 0.532. The van der Waals surface area contributed by atoms with Crippen LogP contribution in [0.15, 0.2) is 41.8 Å². The number of carbonyl (C=O) groups excluding carboxylic acids is 1. The Kier molecular flexibility index (Phi) is 4.68. The lowest BCUT2D eigenvalue weighted by molar-refractivity contribution is -0.138. The van der Waals surface area contributed by atoms with E-state index in [9.17, 15) is 22.8 Å².